The first-order valence-electron chi connectivity index (χ1n) is 5.46. The first kappa shape index (κ1) is 13.8. The number of benzene rings is 1. The molecule has 0 amide bonds. The van der Waals surface area contributed by atoms with Crippen LogP contribution in [0.4, 0.5) is 0 Å². The normalized spacial score (nSPS) is 10.0. The number of hydrogen-bond acceptors (Lipinski definition) is 4. The van der Waals surface area contributed by atoms with Crippen molar-refractivity contribution in [3.05, 3.63) is 29.8 Å². The zero-order valence-electron chi connectivity index (χ0n) is 10.1. The minimum Gasteiger partial charge on any atom is -0.466 e. The molecule has 0 saturated carbocycles. The molecule has 0 aliphatic carbocycles. The predicted octanol–water partition coefficient (Wildman–Crippen LogP) is 2.47. The molecule has 4 heteroatoms. The number of carbonyl (C=O) groups excluding carboxylic acids is 2. The molecule has 0 aromatic heterocycles. The van der Waals surface area contributed by atoms with Crippen LogP contribution < -0.4 is 0 Å². The van der Waals surface area contributed by atoms with Gasteiger partial charge in [0.1, 0.15) is 12.2 Å². The van der Waals surface area contributed by atoms with Gasteiger partial charge < -0.3 is 4.74 Å². The first-order chi connectivity index (χ1) is 8.15. The lowest BCUT2D eigenvalue weighted by Crippen LogP contribution is -2.12. The Hall–Kier alpha value is -1.29. The largest absolute Gasteiger partial charge is 0.466 e. The van der Waals surface area contributed by atoms with Crippen molar-refractivity contribution in [1.29, 1.82) is 0 Å². The number of carbonyl (C=O) groups is 2. The van der Waals surface area contributed by atoms with Gasteiger partial charge >= 0.3 is 5.97 Å². The molecule has 0 atom stereocenters. The maximum Gasteiger partial charge on any atom is 0.313 e. The van der Waals surface area contributed by atoms with Crippen LogP contribution in [-0.4, -0.2) is 24.6 Å². The van der Waals surface area contributed by atoms with Gasteiger partial charge in [-0.05, 0) is 30.9 Å². The summed E-state index contributed by atoms with van der Waals surface area (Å²) in [6, 6.07) is 7.76. The smallest absolute Gasteiger partial charge is 0.313 e. The van der Waals surface area contributed by atoms with E-state index in [0.29, 0.717) is 6.61 Å². The summed E-state index contributed by atoms with van der Waals surface area (Å²) in [7, 11) is 0. The number of rotatable bonds is 6. The third kappa shape index (κ3) is 5.04. The summed E-state index contributed by atoms with van der Waals surface area (Å²) >= 11 is 1.65. The van der Waals surface area contributed by atoms with Crippen molar-refractivity contribution in [1.82, 2.24) is 0 Å². The van der Waals surface area contributed by atoms with Crippen LogP contribution in [0.3, 0.4) is 0 Å². The molecule has 1 aromatic carbocycles. The fourth-order valence-electron chi connectivity index (χ4n) is 1.41. The van der Waals surface area contributed by atoms with Crippen molar-refractivity contribution >= 4 is 23.5 Å². The Kier molecular flexibility index (Phi) is 5.77. The lowest BCUT2D eigenvalue weighted by atomic mass is 10.1. The zero-order chi connectivity index (χ0) is 12.7. The van der Waals surface area contributed by atoms with Crippen molar-refractivity contribution in [3.63, 3.8) is 0 Å². The molecule has 0 heterocycles. The SMILES string of the molecule is CCOC(=O)CC(=O)Cc1ccc(SC)cc1. The summed E-state index contributed by atoms with van der Waals surface area (Å²) in [5.41, 5.74) is 0.928. The summed E-state index contributed by atoms with van der Waals surface area (Å²) in [5, 5.41) is 0. The van der Waals surface area contributed by atoms with Crippen molar-refractivity contribution < 1.29 is 14.3 Å². The van der Waals surface area contributed by atoms with E-state index in [-0.39, 0.29) is 18.6 Å². The highest BCUT2D eigenvalue weighted by atomic mass is 32.2. The van der Waals surface area contributed by atoms with E-state index in [0.717, 1.165) is 10.5 Å². The average molecular weight is 252 g/mol. The molecule has 0 aliphatic heterocycles. The van der Waals surface area contributed by atoms with Crippen LogP contribution in [0, 0.1) is 0 Å². The molecular formula is C13H16O3S. The van der Waals surface area contributed by atoms with Crippen molar-refractivity contribution in [2.24, 2.45) is 0 Å². The first-order valence-corrected chi connectivity index (χ1v) is 6.68. The lowest BCUT2D eigenvalue weighted by molar-refractivity contribution is -0.145. The highest BCUT2D eigenvalue weighted by Gasteiger charge is 2.10. The molecule has 3 nitrogen and oxygen atoms in total. The second kappa shape index (κ2) is 7.12. The fourth-order valence-corrected chi connectivity index (χ4v) is 1.81. The monoisotopic (exact) mass is 252 g/mol. The van der Waals surface area contributed by atoms with Crippen LogP contribution in [0.15, 0.2) is 29.2 Å². The van der Waals surface area contributed by atoms with Crippen LogP contribution in [-0.2, 0) is 20.7 Å². The van der Waals surface area contributed by atoms with Crippen molar-refractivity contribution in [3.8, 4) is 0 Å². The van der Waals surface area contributed by atoms with E-state index in [2.05, 4.69) is 0 Å². The second-order valence-electron chi connectivity index (χ2n) is 3.55. The molecule has 0 saturated heterocycles. The third-order valence-corrected chi connectivity index (χ3v) is 2.95. The number of ether oxygens (including phenoxy) is 1. The molecule has 0 fully saturated rings. The Labute approximate surface area is 106 Å². The van der Waals surface area contributed by atoms with Gasteiger partial charge in [-0.1, -0.05) is 12.1 Å². The molecule has 0 N–H and O–H groups in total. The fraction of sp³-hybridized carbons (Fsp3) is 0.385. The van der Waals surface area contributed by atoms with Crippen LogP contribution >= 0.6 is 11.8 Å². The van der Waals surface area contributed by atoms with E-state index in [1.807, 2.05) is 30.5 Å². The van der Waals surface area contributed by atoms with Crippen LogP contribution in [0.1, 0.15) is 18.9 Å². The number of esters is 1. The maximum atomic E-state index is 11.5. The zero-order valence-corrected chi connectivity index (χ0v) is 10.9. The van der Waals surface area contributed by atoms with Gasteiger partial charge in [0, 0.05) is 11.3 Å². The van der Waals surface area contributed by atoms with Gasteiger partial charge in [0.15, 0.2) is 0 Å². The minimum atomic E-state index is -0.446. The van der Waals surface area contributed by atoms with Crippen molar-refractivity contribution in [2.75, 3.05) is 12.9 Å². The van der Waals surface area contributed by atoms with Crippen LogP contribution in [0.2, 0.25) is 0 Å². The summed E-state index contributed by atoms with van der Waals surface area (Å²) in [4.78, 5) is 23.8. The molecule has 1 rings (SSSR count). The summed E-state index contributed by atoms with van der Waals surface area (Å²) < 4.78 is 4.72. The van der Waals surface area contributed by atoms with E-state index >= 15 is 0 Å². The highest BCUT2D eigenvalue weighted by molar-refractivity contribution is 7.98. The summed E-state index contributed by atoms with van der Waals surface area (Å²) in [6.07, 6.45) is 2.15. The number of ketones is 1. The summed E-state index contributed by atoms with van der Waals surface area (Å²) in [6.45, 7) is 2.04. The van der Waals surface area contributed by atoms with E-state index < -0.39 is 5.97 Å². The van der Waals surface area contributed by atoms with Crippen LogP contribution in [0.25, 0.3) is 0 Å². The van der Waals surface area contributed by atoms with Gasteiger partial charge in [-0.25, -0.2) is 0 Å². The molecule has 17 heavy (non-hydrogen) atoms. The third-order valence-electron chi connectivity index (χ3n) is 2.21. The Bertz CT molecular complexity index is 384. The Morgan fingerprint density at radius 3 is 2.41 bits per heavy atom. The summed E-state index contributed by atoms with van der Waals surface area (Å²) in [5.74, 6) is -0.557. The van der Waals surface area contributed by atoms with Gasteiger partial charge in [-0.2, -0.15) is 0 Å². The van der Waals surface area contributed by atoms with E-state index in [4.69, 9.17) is 4.74 Å². The van der Waals surface area contributed by atoms with Gasteiger partial charge in [-0.15, -0.1) is 11.8 Å². The maximum absolute atomic E-state index is 11.5. The number of thioether (sulfide) groups is 1. The Morgan fingerprint density at radius 1 is 1.24 bits per heavy atom. The van der Waals surface area contributed by atoms with E-state index in [9.17, 15) is 9.59 Å². The quantitative estimate of drug-likeness (QED) is 0.443. The molecule has 92 valence electrons. The highest BCUT2D eigenvalue weighted by Crippen LogP contribution is 2.15. The molecule has 0 unspecified atom stereocenters. The van der Waals surface area contributed by atoms with Crippen molar-refractivity contribution in [2.45, 2.75) is 24.7 Å². The van der Waals surface area contributed by atoms with Gasteiger partial charge in [0.25, 0.3) is 0 Å². The van der Waals surface area contributed by atoms with Gasteiger partial charge in [-0.3, -0.25) is 9.59 Å². The number of Topliss-reactive ketones (excluding diaryl/α,β-unsaturated/α-hetero) is 1. The van der Waals surface area contributed by atoms with Crippen LogP contribution in [0.5, 0.6) is 0 Å². The molecule has 1 aromatic rings. The van der Waals surface area contributed by atoms with E-state index in [1.165, 1.54) is 0 Å². The van der Waals surface area contributed by atoms with E-state index in [1.54, 1.807) is 18.7 Å². The molecule has 0 radical (unpaired) electrons. The van der Waals surface area contributed by atoms with Gasteiger partial charge in [0.2, 0.25) is 0 Å². The Balaban J connectivity index is 2.47. The number of hydrogen-bond donors (Lipinski definition) is 0. The topological polar surface area (TPSA) is 43.4 Å². The van der Waals surface area contributed by atoms with Gasteiger partial charge in [0.05, 0.1) is 6.61 Å². The predicted molar refractivity (Wildman–Crippen MR) is 68.2 cm³/mol. The standard InChI is InChI=1S/C13H16O3S/c1-3-16-13(15)9-11(14)8-10-4-6-12(17-2)7-5-10/h4-7H,3,8-9H2,1-2H3. The molecular weight excluding hydrogens is 236 g/mol. The lowest BCUT2D eigenvalue weighted by Gasteiger charge is -2.03. The molecule has 0 spiro atoms. The molecule has 0 aliphatic rings. The second-order valence-corrected chi connectivity index (χ2v) is 4.42. The molecule has 0 bridgehead atoms. The minimum absolute atomic E-state index is 0.111. The Morgan fingerprint density at radius 2 is 1.88 bits per heavy atom. The average Bonchev–Trinajstić information content (AvgIpc) is 2.30.